The van der Waals surface area contributed by atoms with Gasteiger partial charge >= 0.3 is 0 Å². The van der Waals surface area contributed by atoms with Gasteiger partial charge in [0.2, 0.25) is 0 Å². The first-order valence-corrected chi connectivity index (χ1v) is 6.98. The van der Waals surface area contributed by atoms with Gasteiger partial charge in [0.25, 0.3) is 0 Å². The molecule has 0 spiro atoms. The van der Waals surface area contributed by atoms with Crippen LogP contribution >= 0.6 is 0 Å². The summed E-state index contributed by atoms with van der Waals surface area (Å²) >= 11 is 0. The summed E-state index contributed by atoms with van der Waals surface area (Å²) in [6, 6.07) is 2.38. The molecule has 1 unspecified atom stereocenters. The Morgan fingerprint density at radius 2 is 2.11 bits per heavy atom. The molecular weight excluding hydrogens is 240 g/mol. The highest BCUT2D eigenvalue weighted by Crippen LogP contribution is 2.26. The van der Waals surface area contributed by atoms with Crippen LogP contribution < -0.4 is 10.6 Å². The molecule has 19 heavy (non-hydrogen) atoms. The molecule has 2 N–H and O–H groups in total. The SMILES string of the molecule is CCNc1cc(NC2CCOC(C)(C)C2)nc(C)n1. The smallest absolute Gasteiger partial charge is 0.132 e. The van der Waals surface area contributed by atoms with Crippen molar-refractivity contribution in [2.24, 2.45) is 0 Å². The summed E-state index contributed by atoms with van der Waals surface area (Å²) in [7, 11) is 0. The first-order chi connectivity index (χ1) is 8.98. The summed E-state index contributed by atoms with van der Waals surface area (Å²) in [5.41, 5.74) is -0.0531. The van der Waals surface area contributed by atoms with E-state index in [1.165, 1.54) is 0 Å². The van der Waals surface area contributed by atoms with E-state index >= 15 is 0 Å². The molecule has 1 aliphatic rings. The maximum Gasteiger partial charge on any atom is 0.132 e. The lowest BCUT2D eigenvalue weighted by atomic mass is 9.94. The minimum Gasteiger partial charge on any atom is -0.375 e. The molecule has 0 radical (unpaired) electrons. The predicted molar refractivity (Wildman–Crippen MR) is 77.6 cm³/mol. The highest BCUT2D eigenvalue weighted by molar-refractivity contribution is 5.48. The van der Waals surface area contributed by atoms with Crippen molar-refractivity contribution in [1.82, 2.24) is 9.97 Å². The number of rotatable bonds is 4. The van der Waals surface area contributed by atoms with E-state index in [-0.39, 0.29) is 5.60 Å². The van der Waals surface area contributed by atoms with Gasteiger partial charge in [-0.25, -0.2) is 9.97 Å². The molecule has 2 heterocycles. The molecule has 0 bridgehead atoms. The van der Waals surface area contributed by atoms with E-state index in [1.807, 2.05) is 13.0 Å². The van der Waals surface area contributed by atoms with Gasteiger partial charge in [0, 0.05) is 25.3 Å². The first-order valence-electron chi connectivity index (χ1n) is 6.98. The molecule has 1 fully saturated rings. The second kappa shape index (κ2) is 5.74. The molecule has 0 aromatic carbocycles. The normalized spacial score (nSPS) is 22.0. The molecule has 0 aliphatic carbocycles. The predicted octanol–water partition coefficient (Wildman–Crippen LogP) is 2.59. The van der Waals surface area contributed by atoms with Gasteiger partial charge in [0.1, 0.15) is 17.5 Å². The van der Waals surface area contributed by atoms with Crippen LogP contribution in [0.2, 0.25) is 0 Å². The van der Waals surface area contributed by atoms with Gasteiger partial charge in [-0.1, -0.05) is 0 Å². The summed E-state index contributed by atoms with van der Waals surface area (Å²) in [4.78, 5) is 8.81. The van der Waals surface area contributed by atoms with Crippen molar-refractivity contribution in [3.8, 4) is 0 Å². The summed E-state index contributed by atoms with van der Waals surface area (Å²) in [5, 5.41) is 6.73. The van der Waals surface area contributed by atoms with E-state index in [1.54, 1.807) is 0 Å². The van der Waals surface area contributed by atoms with Gasteiger partial charge in [-0.3, -0.25) is 0 Å². The van der Waals surface area contributed by atoms with Gasteiger partial charge in [-0.15, -0.1) is 0 Å². The molecular formula is C14H24N4O. The van der Waals surface area contributed by atoms with Crippen LogP contribution in [0.1, 0.15) is 39.4 Å². The van der Waals surface area contributed by atoms with E-state index in [9.17, 15) is 0 Å². The summed E-state index contributed by atoms with van der Waals surface area (Å²) in [5.74, 6) is 2.56. The fourth-order valence-electron chi connectivity index (χ4n) is 2.48. The Kier molecular flexibility index (Phi) is 4.24. The maximum atomic E-state index is 5.73. The molecule has 0 amide bonds. The van der Waals surface area contributed by atoms with Crippen LogP contribution in [-0.2, 0) is 4.74 Å². The molecule has 1 saturated heterocycles. The Hall–Kier alpha value is -1.36. The Balaban J connectivity index is 2.06. The van der Waals surface area contributed by atoms with Gasteiger partial charge in [0.05, 0.1) is 5.60 Å². The Labute approximate surface area is 115 Å². The van der Waals surface area contributed by atoms with Crippen LogP contribution in [-0.4, -0.2) is 34.8 Å². The Morgan fingerprint density at radius 3 is 2.79 bits per heavy atom. The van der Waals surface area contributed by atoms with E-state index in [0.717, 1.165) is 43.5 Å². The topological polar surface area (TPSA) is 59.1 Å². The number of ether oxygens (including phenoxy) is 1. The lowest BCUT2D eigenvalue weighted by molar-refractivity contribution is -0.0553. The van der Waals surface area contributed by atoms with Crippen LogP contribution in [0.3, 0.4) is 0 Å². The van der Waals surface area contributed by atoms with Crippen molar-refractivity contribution in [2.75, 3.05) is 23.8 Å². The third kappa shape index (κ3) is 4.06. The van der Waals surface area contributed by atoms with Crippen molar-refractivity contribution in [3.05, 3.63) is 11.9 Å². The monoisotopic (exact) mass is 264 g/mol. The summed E-state index contributed by atoms with van der Waals surface area (Å²) in [6.45, 7) is 9.91. The average Bonchev–Trinajstić information content (AvgIpc) is 2.26. The number of anilines is 2. The molecule has 1 aromatic rings. The first kappa shape index (κ1) is 14.1. The van der Waals surface area contributed by atoms with E-state index in [2.05, 4.69) is 41.4 Å². The zero-order chi connectivity index (χ0) is 13.9. The molecule has 0 saturated carbocycles. The van der Waals surface area contributed by atoms with Crippen LogP contribution in [0.5, 0.6) is 0 Å². The minimum atomic E-state index is -0.0531. The van der Waals surface area contributed by atoms with Crippen molar-refractivity contribution in [2.45, 2.75) is 52.2 Å². The van der Waals surface area contributed by atoms with E-state index in [4.69, 9.17) is 4.74 Å². The quantitative estimate of drug-likeness (QED) is 0.875. The van der Waals surface area contributed by atoms with Crippen molar-refractivity contribution < 1.29 is 4.74 Å². The third-order valence-electron chi connectivity index (χ3n) is 3.24. The summed E-state index contributed by atoms with van der Waals surface area (Å²) in [6.07, 6.45) is 2.01. The number of hydrogen-bond acceptors (Lipinski definition) is 5. The van der Waals surface area contributed by atoms with E-state index < -0.39 is 0 Å². The van der Waals surface area contributed by atoms with Gasteiger partial charge in [-0.05, 0) is 40.5 Å². The number of nitrogens with zero attached hydrogens (tertiary/aromatic N) is 2. The Bertz CT molecular complexity index is 433. The fraction of sp³-hybridized carbons (Fsp3) is 0.714. The van der Waals surface area contributed by atoms with Crippen LogP contribution in [0.4, 0.5) is 11.6 Å². The highest BCUT2D eigenvalue weighted by atomic mass is 16.5. The van der Waals surface area contributed by atoms with Crippen LogP contribution in [0.25, 0.3) is 0 Å². The van der Waals surface area contributed by atoms with Gasteiger partial charge < -0.3 is 15.4 Å². The van der Waals surface area contributed by atoms with Crippen molar-refractivity contribution in [1.29, 1.82) is 0 Å². The number of nitrogens with one attached hydrogen (secondary N) is 2. The lowest BCUT2D eigenvalue weighted by Crippen LogP contribution is -2.40. The molecule has 1 aliphatic heterocycles. The highest BCUT2D eigenvalue weighted by Gasteiger charge is 2.28. The molecule has 2 rings (SSSR count). The second-order valence-electron chi connectivity index (χ2n) is 5.66. The third-order valence-corrected chi connectivity index (χ3v) is 3.24. The largest absolute Gasteiger partial charge is 0.375 e. The molecule has 5 heteroatoms. The van der Waals surface area contributed by atoms with Crippen molar-refractivity contribution in [3.63, 3.8) is 0 Å². The standard InChI is InChI=1S/C14H24N4O/c1-5-15-12-8-13(17-10(2)16-12)18-11-6-7-19-14(3,4)9-11/h8,11H,5-7,9H2,1-4H3,(H2,15,16,17,18). The van der Waals surface area contributed by atoms with Gasteiger partial charge in [0.15, 0.2) is 0 Å². The summed E-state index contributed by atoms with van der Waals surface area (Å²) < 4.78 is 5.73. The fourth-order valence-corrected chi connectivity index (χ4v) is 2.48. The molecule has 1 atom stereocenters. The molecule has 5 nitrogen and oxygen atoms in total. The number of aryl methyl sites for hydroxylation is 1. The minimum absolute atomic E-state index is 0.0531. The van der Waals surface area contributed by atoms with Crippen LogP contribution in [0.15, 0.2) is 6.07 Å². The second-order valence-corrected chi connectivity index (χ2v) is 5.66. The zero-order valence-corrected chi connectivity index (χ0v) is 12.3. The van der Waals surface area contributed by atoms with Crippen LogP contribution in [0, 0.1) is 6.92 Å². The van der Waals surface area contributed by atoms with Gasteiger partial charge in [-0.2, -0.15) is 0 Å². The molecule has 1 aromatic heterocycles. The lowest BCUT2D eigenvalue weighted by Gasteiger charge is -2.36. The maximum absolute atomic E-state index is 5.73. The molecule has 106 valence electrons. The zero-order valence-electron chi connectivity index (χ0n) is 12.3. The average molecular weight is 264 g/mol. The van der Waals surface area contributed by atoms with Crippen molar-refractivity contribution >= 4 is 11.6 Å². The number of aromatic nitrogens is 2. The Morgan fingerprint density at radius 1 is 1.37 bits per heavy atom. The number of hydrogen-bond donors (Lipinski definition) is 2. The van der Waals surface area contributed by atoms with E-state index in [0.29, 0.717) is 6.04 Å².